The Balaban J connectivity index is 2.22. The molecule has 2 N–H and O–H groups in total. The molecule has 0 aromatic heterocycles. The van der Waals surface area contributed by atoms with Crippen molar-refractivity contribution in [1.29, 1.82) is 0 Å². The smallest absolute Gasteiger partial charge is 0.0204 e. The number of likely N-dealkylation sites (N-methyl/N-ethyl adjacent to an activating group) is 1. The third kappa shape index (κ3) is 1.20. The Labute approximate surface area is 50.7 Å². The third-order valence-electron chi connectivity index (χ3n) is 1.76. The lowest BCUT2D eigenvalue weighted by Gasteiger charge is -2.03. The van der Waals surface area contributed by atoms with E-state index in [-0.39, 0.29) is 0 Å². The molecule has 0 aromatic rings. The molecule has 2 heteroatoms. The summed E-state index contributed by atoms with van der Waals surface area (Å²) in [6.07, 6.45) is 1.27. The molecule has 1 saturated heterocycles. The van der Waals surface area contributed by atoms with Crippen molar-refractivity contribution in [3.05, 3.63) is 0 Å². The van der Waals surface area contributed by atoms with Gasteiger partial charge >= 0.3 is 0 Å². The van der Waals surface area contributed by atoms with Gasteiger partial charge in [-0.2, -0.15) is 0 Å². The van der Waals surface area contributed by atoms with Crippen molar-refractivity contribution in [3.8, 4) is 0 Å². The van der Waals surface area contributed by atoms with Crippen molar-refractivity contribution in [1.82, 2.24) is 10.6 Å². The molecule has 2 nitrogen and oxygen atoms in total. The molecule has 1 heterocycles. The molecule has 0 spiro atoms. The van der Waals surface area contributed by atoms with Gasteiger partial charge in [-0.15, -0.1) is 0 Å². The average Bonchev–Trinajstić information content (AvgIpc) is 2.14. The summed E-state index contributed by atoms with van der Waals surface area (Å²) in [4.78, 5) is 0. The molecule has 1 rings (SSSR count). The molecule has 0 amide bonds. The zero-order valence-corrected chi connectivity index (χ0v) is 5.57. The highest BCUT2D eigenvalue weighted by Crippen LogP contribution is 2.03. The van der Waals surface area contributed by atoms with E-state index in [0.29, 0.717) is 12.1 Å². The Morgan fingerprint density at radius 3 is 2.62 bits per heavy atom. The molecule has 1 aliphatic heterocycles. The number of nitrogens with one attached hydrogen (secondary N) is 2. The zero-order chi connectivity index (χ0) is 5.98. The molecule has 1 unspecified atom stereocenters. The van der Waals surface area contributed by atoms with E-state index in [4.69, 9.17) is 0 Å². The fourth-order valence-corrected chi connectivity index (χ4v) is 1.16. The van der Waals surface area contributed by atoms with Crippen LogP contribution in [0.1, 0.15) is 13.3 Å². The standard InChI is InChI=1S/C6H14N2/c1-5-3-6(7-2)4-8-5/h5-8H,3-4H2,1-2H3/t5?,6-/m1/s1. The third-order valence-corrected chi connectivity index (χ3v) is 1.76. The van der Waals surface area contributed by atoms with Crippen LogP contribution in [0.25, 0.3) is 0 Å². The second kappa shape index (κ2) is 2.46. The maximum atomic E-state index is 3.36. The van der Waals surface area contributed by atoms with Gasteiger partial charge < -0.3 is 10.6 Å². The maximum absolute atomic E-state index is 3.36. The molecule has 0 aromatic carbocycles. The van der Waals surface area contributed by atoms with Crippen LogP contribution in [0.5, 0.6) is 0 Å². The first-order valence-electron chi connectivity index (χ1n) is 3.23. The van der Waals surface area contributed by atoms with Gasteiger partial charge in [0.05, 0.1) is 0 Å². The van der Waals surface area contributed by atoms with Gasteiger partial charge in [0.25, 0.3) is 0 Å². The average molecular weight is 114 g/mol. The van der Waals surface area contributed by atoms with Crippen molar-refractivity contribution in [3.63, 3.8) is 0 Å². The van der Waals surface area contributed by atoms with Crippen LogP contribution < -0.4 is 10.6 Å². The predicted octanol–water partition coefficient (Wildman–Crippen LogP) is -0.0438. The van der Waals surface area contributed by atoms with Gasteiger partial charge in [0.15, 0.2) is 0 Å². The summed E-state index contributed by atoms with van der Waals surface area (Å²) < 4.78 is 0. The Bertz CT molecular complexity index is 72.9. The molecule has 8 heavy (non-hydrogen) atoms. The van der Waals surface area contributed by atoms with Crippen LogP contribution >= 0.6 is 0 Å². The van der Waals surface area contributed by atoms with E-state index in [0.717, 1.165) is 6.54 Å². The minimum absolute atomic E-state index is 0.713. The van der Waals surface area contributed by atoms with Crippen LogP contribution in [-0.2, 0) is 0 Å². The minimum Gasteiger partial charge on any atom is -0.316 e. The minimum atomic E-state index is 0.713. The van der Waals surface area contributed by atoms with Crippen molar-refractivity contribution >= 4 is 0 Å². The van der Waals surface area contributed by atoms with E-state index < -0.39 is 0 Å². The van der Waals surface area contributed by atoms with Crippen LogP contribution in [0, 0.1) is 0 Å². The van der Waals surface area contributed by atoms with E-state index in [1.165, 1.54) is 6.42 Å². The first kappa shape index (κ1) is 6.05. The van der Waals surface area contributed by atoms with E-state index >= 15 is 0 Å². The van der Waals surface area contributed by atoms with Gasteiger partial charge in [-0.05, 0) is 20.4 Å². The van der Waals surface area contributed by atoms with E-state index in [9.17, 15) is 0 Å². The summed E-state index contributed by atoms with van der Waals surface area (Å²) in [6, 6.07) is 1.43. The molecule has 1 fully saturated rings. The van der Waals surface area contributed by atoms with Crippen molar-refractivity contribution in [2.24, 2.45) is 0 Å². The summed E-state index contributed by atoms with van der Waals surface area (Å²) in [6.45, 7) is 3.36. The molecular formula is C6H14N2. The van der Waals surface area contributed by atoms with Crippen LogP contribution in [0.15, 0.2) is 0 Å². The van der Waals surface area contributed by atoms with Gasteiger partial charge in [0.2, 0.25) is 0 Å². The first-order valence-corrected chi connectivity index (χ1v) is 3.23. The lowest BCUT2D eigenvalue weighted by molar-refractivity contribution is 0.595. The SMILES string of the molecule is CN[C@H]1CNC(C)C1. The number of hydrogen-bond acceptors (Lipinski definition) is 2. The highest BCUT2D eigenvalue weighted by Gasteiger charge is 2.17. The summed E-state index contributed by atoms with van der Waals surface area (Å²) >= 11 is 0. The van der Waals surface area contributed by atoms with E-state index in [2.05, 4.69) is 17.6 Å². The highest BCUT2D eigenvalue weighted by molar-refractivity contribution is 4.81. The molecule has 1 aliphatic rings. The van der Waals surface area contributed by atoms with Crippen molar-refractivity contribution in [2.75, 3.05) is 13.6 Å². The van der Waals surface area contributed by atoms with Gasteiger partial charge in [-0.3, -0.25) is 0 Å². The highest BCUT2D eigenvalue weighted by atomic mass is 15.0. The Hall–Kier alpha value is -0.0800. The molecule has 48 valence electrons. The van der Waals surface area contributed by atoms with Crippen molar-refractivity contribution in [2.45, 2.75) is 25.4 Å². The van der Waals surface area contributed by atoms with Gasteiger partial charge in [-0.1, -0.05) is 0 Å². The number of rotatable bonds is 1. The number of hydrogen-bond donors (Lipinski definition) is 2. The Morgan fingerprint density at radius 2 is 2.38 bits per heavy atom. The maximum Gasteiger partial charge on any atom is 0.0204 e. The molecular weight excluding hydrogens is 100 g/mol. The van der Waals surface area contributed by atoms with Gasteiger partial charge in [-0.25, -0.2) is 0 Å². The summed E-state index contributed by atoms with van der Waals surface area (Å²) in [5.74, 6) is 0. The zero-order valence-electron chi connectivity index (χ0n) is 5.57. The summed E-state index contributed by atoms with van der Waals surface area (Å²) in [7, 11) is 2.02. The summed E-state index contributed by atoms with van der Waals surface area (Å²) in [5, 5.41) is 6.59. The normalized spacial score (nSPS) is 38.2. The summed E-state index contributed by atoms with van der Waals surface area (Å²) in [5.41, 5.74) is 0. The molecule has 0 aliphatic carbocycles. The Kier molecular flexibility index (Phi) is 1.86. The Morgan fingerprint density at radius 1 is 1.62 bits per heavy atom. The molecule has 2 atom stereocenters. The largest absolute Gasteiger partial charge is 0.316 e. The van der Waals surface area contributed by atoms with Crippen LogP contribution in [0.4, 0.5) is 0 Å². The molecule has 0 bridgehead atoms. The van der Waals surface area contributed by atoms with Crippen LogP contribution in [0.3, 0.4) is 0 Å². The molecule has 0 radical (unpaired) electrons. The van der Waals surface area contributed by atoms with Gasteiger partial charge in [0, 0.05) is 18.6 Å². The second-order valence-corrected chi connectivity index (χ2v) is 2.53. The van der Waals surface area contributed by atoms with E-state index in [1.54, 1.807) is 0 Å². The van der Waals surface area contributed by atoms with Gasteiger partial charge in [0.1, 0.15) is 0 Å². The quantitative estimate of drug-likeness (QED) is 0.499. The van der Waals surface area contributed by atoms with Crippen LogP contribution in [0.2, 0.25) is 0 Å². The second-order valence-electron chi connectivity index (χ2n) is 2.53. The first-order chi connectivity index (χ1) is 3.83. The van der Waals surface area contributed by atoms with Crippen LogP contribution in [-0.4, -0.2) is 25.7 Å². The molecule has 0 saturated carbocycles. The van der Waals surface area contributed by atoms with E-state index in [1.807, 2.05) is 7.05 Å². The lowest BCUT2D eigenvalue weighted by atomic mass is 10.2. The monoisotopic (exact) mass is 114 g/mol. The fraction of sp³-hybridized carbons (Fsp3) is 1.00. The lowest BCUT2D eigenvalue weighted by Crippen LogP contribution is -2.26. The fourth-order valence-electron chi connectivity index (χ4n) is 1.16. The topological polar surface area (TPSA) is 24.1 Å². The predicted molar refractivity (Wildman–Crippen MR) is 34.9 cm³/mol. The van der Waals surface area contributed by atoms with Crippen molar-refractivity contribution < 1.29 is 0 Å².